The van der Waals surface area contributed by atoms with Crippen LogP contribution in [0.5, 0.6) is 0 Å². The minimum Gasteiger partial charge on any atom is -0.311 e. The quantitative estimate of drug-likeness (QED) is 0.167. The van der Waals surface area contributed by atoms with Crippen molar-refractivity contribution < 1.29 is 0 Å². The molecule has 5 aromatic carbocycles. The lowest BCUT2D eigenvalue weighted by atomic mass is 9.35. The van der Waals surface area contributed by atoms with Gasteiger partial charge in [0.25, 0.3) is 6.71 Å². The molecule has 10 rings (SSSR count). The number of hydrogen-bond acceptors (Lipinski definition) is 3. The van der Waals surface area contributed by atoms with Crippen LogP contribution in [0, 0.1) is 6.92 Å². The molecule has 2 aliphatic carbocycles. The minimum absolute atomic E-state index is 0.0456. The fourth-order valence-electron chi connectivity index (χ4n) is 10.0. The van der Waals surface area contributed by atoms with E-state index in [0.29, 0.717) is 0 Å². The van der Waals surface area contributed by atoms with E-state index in [9.17, 15) is 0 Å². The highest BCUT2D eigenvalue weighted by Crippen LogP contribution is 2.52. The van der Waals surface area contributed by atoms with Gasteiger partial charge in [0, 0.05) is 48.9 Å². The van der Waals surface area contributed by atoms with E-state index in [0.717, 1.165) is 12.8 Å². The number of fused-ring (bicyclic) bond motifs is 7. The van der Waals surface area contributed by atoms with Crippen LogP contribution in [0.25, 0.3) is 15.7 Å². The van der Waals surface area contributed by atoms with Crippen LogP contribution >= 0.6 is 11.3 Å². The van der Waals surface area contributed by atoms with Gasteiger partial charge in [-0.25, -0.2) is 0 Å². The Hall–Kier alpha value is -4.80. The van der Waals surface area contributed by atoms with Crippen LogP contribution in [0.15, 0.2) is 121 Å². The Morgan fingerprint density at radius 2 is 1.31 bits per heavy atom. The van der Waals surface area contributed by atoms with Gasteiger partial charge in [0.1, 0.15) is 0 Å². The number of allylic oxidation sites excluding steroid dienone is 3. The molecule has 1 aromatic heterocycles. The molecule has 0 atom stereocenters. The molecule has 274 valence electrons. The maximum atomic E-state index is 2.69. The molecule has 0 saturated carbocycles. The summed E-state index contributed by atoms with van der Waals surface area (Å²) in [5, 5.41) is 1.36. The number of nitrogens with zero attached hydrogens (tertiary/aromatic N) is 2. The first-order valence-electron chi connectivity index (χ1n) is 20.3. The number of anilines is 5. The summed E-state index contributed by atoms with van der Waals surface area (Å²) in [5.41, 5.74) is 19.2. The molecule has 0 unspecified atom stereocenters. The summed E-state index contributed by atoms with van der Waals surface area (Å²) in [6.45, 7) is 19.3. The van der Waals surface area contributed by atoms with Gasteiger partial charge < -0.3 is 9.80 Å². The van der Waals surface area contributed by atoms with Crippen molar-refractivity contribution in [2.24, 2.45) is 0 Å². The second-order valence-electron chi connectivity index (χ2n) is 18.8. The minimum atomic E-state index is 0.0456. The third-order valence-corrected chi connectivity index (χ3v) is 14.3. The Kier molecular flexibility index (Phi) is 7.63. The number of thiophene rings is 1. The molecule has 0 spiro atoms. The van der Waals surface area contributed by atoms with Crippen LogP contribution in [0.4, 0.5) is 28.4 Å². The van der Waals surface area contributed by atoms with Gasteiger partial charge in [-0.3, -0.25) is 0 Å². The maximum absolute atomic E-state index is 2.69. The molecule has 0 fully saturated rings. The van der Waals surface area contributed by atoms with E-state index in [-0.39, 0.29) is 23.0 Å². The van der Waals surface area contributed by atoms with Crippen LogP contribution in [-0.4, -0.2) is 6.71 Å². The fraction of sp³-hybridized carbons (Fsp3) is 0.294. The van der Waals surface area contributed by atoms with Crippen LogP contribution in [-0.2, 0) is 16.2 Å². The predicted molar refractivity (Wildman–Crippen MR) is 240 cm³/mol. The van der Waals surface area contributed by atoms with Gasteiger partial charge >= 0.3 is 0 Å². The Morgan fingerprint density at radius 3 is 2.00 bits per heavy atom. The van der Waals surface area contributed by atoms with Crippen molar-refractivity contribution >= 4 is 77.8 Å². The van der Waals surface area contributed by atoms with Crippen LogP contribution < -0.4 is 25.5 Å². The van der Waals surface area contributed by atoms with Crippen LogP contribution in [0.3, 0.4) is 0 Å². The van der Waals surface area contributed by atoms with E-state index in [1.54, 1.807) is 0 Å². The lowest BCUT2D eigenvalue weighted by molar-refractivity contribution is 0.332. The fourth-order valence-corrected chi connectivity index (χ4v) is 11.3. The van der Waals surface area contributed by atoms with Gasteiger partial charge in [-0.15, -0.1) is 11.3 Å². The summed E-state index contributed by atoms with van der Waals surface area (Å²) in [6, 6.07) is 39.7. The summed E-state index contributed by atoms with van der Waals surface area (Å²) in [6.07, 6.45) is 9.47. The highest BCUT2D eigenvalue weighted by Gasteiger charge is 2.48. The molecule has 6 aromatic rings. The standard InChI is InChI=1S/C51H51BN2S/c1-32-27-43-46-44(28-32)54(41-22-16-15-21-36(41)33-17-11-9-12-18-33)42-31-39-38(50(5,6)25-26-51(39,7)8)30-40(42)52(46)48-47(53(43)35-19-13-10-14-20-35)37-29-34(49(2,3)4)23-24-45(37)55-48/h9-14,17-24,27-31H,15-16,25-26H2,1-8H3. The molecule has 4 heteroatoms. The molecular formula is C51H51BN2S. The van der Waals surface area contributed by atoms with Gasteiger partial charge in [0.2, 0.25) is 0 Å². The van der Waals surface area contributed by atoms with Crippen molar-refractivity contribution in [3.05, 3.63) is 149 Å². The second-order valence-corrected chi connectivity index (χ2v) is 19.9. The van der Waals surface area contributed by atoms with Gasteiger partial charge in [-0.2, -0.15) is 0 Å². The molecule has 55 heavy (non-hydrogen) atoms. The first-order valence-corrected chi connectivity index (χ1v) is 21.2. The lowest BCUT2D eigenvalue weighted by Gasteiger charge is -2.47. The smallest absolute Gasteiger partial charge is 0.264 e. The molecule has 0 saturated heterocycles. The average Bonchev–Trinajstić information content (AvgIpc) is 3.55. The summed E-state index contributed by atoms with van der Waals surface area (Å²) >= 11 is 2.01. The van der Waals surface area contributed by atoms with E-state index < -0.39 is 0 Å². The van der Waals surface area contributed by atoms with Crippen LogP contribution in [0.2, 0.25) is 0 Å². The highest BCUT2D eigenvalue weighted by atomic mass is 32.1. The molecule has 0 amide bonds. The van der Waals surface area contributed by atoms with Crippen molar-refractivity contribution in [1.29, 1.82) is 0 Å². The van der Waals surface area contributed by atoms with E-state index in [1.807, 2.05) is 11.3 Å². The van der Waals surface area contributed by atoms with Gasteiger partial charge in [-0.1, -0.05) is 121 Å². The molecule has 0 bridgehead atoms. The molecule has 0 radical (unpaired) electrons. The molecule has 2 aliphatic heterocycles. The van der Waals surface area contributed by atoms with Crippen LogP contribution in [0.1, 0.15) is 102 Å². The molecule has 3 heterocycles. The first-order chi connectivity index (χ1) is 26.3. The Morgan fingerprint density at radius 1 is 0.673 bits per heavy atom. The first kappa shape index (κ1) is 34.7. The van der Waals surface area contributed by atoms with Crippen molar-refractivity contribution in [3.63, 3.8) is 0 Å². The molecule has 2 nitrogen and oxygen atoms in total. The zero-order valence-corrected chi connectivity index (χ0v) is 34.5. The third kappa shape index (κ3) is 5.27. The lowest BCUT2D eigenvalue weighted by Crippen LogP contribution is -2.61. The van der Waals surface area contributed by atoms with E-state index >= 15 is 0 Å². The predicted octanol–water partition coefficient (Wildman–Crippen LogP) is 12.4. The third-order valence-electron chi connectivity index (χ3n) is 13.1. The summed E-state index contributed by atoms with van der Waals surface area (Å²) in [5.74, 6) is 0. The number of rotatable bonds is 3. The maximum Gasteiger partial charge on any atom is 0.264 e. The second kappa shape index (κ2) is 12.1. The van der Waals surface area contributed by atoms with Gasteiger partial charge in [-0.05, 0) is 130 Å². The summed E-state index contributed by atoms with van der Waals surface area (Å²) < 4.78 is 2.81. The van der Waals surface area contributed by atoms with E-state index in [1.165, 1.54) is 106 Å². The Balaban J connectivity index is 1.34. The Bertz CT molecular complexity index is 2600. The molecule has 4 aliphatic rings. The zero-order valence-electron chi connectivity index (χ0n) is 33.7. The van der Waals surface area contributed by atoms with E-state index in [4.69, 9.17) is 0 Å². The van der Waals surface area contributed by atoms with Crippen molar-refractivity contribution in [3.8, 4) is 0 Å². The number of aryl methyl sites for hydroxylation is 1. The van der Waals surface area contributed by atoms with Crippen molar-refractivity contribution in [2.45, 2.75) is 97.3 Å². The highest BCUT2D eigenvalue weighted by molar-refractivity contribution is 7.33. The average molecular weight is 735 g/mol. The Labute approximate surface area is 332 Å². The SMILES string of the molecule is Cc1cc2c3c(c1)N(c1ccccc1)c1c(sc4ccc(C(C)(C)C)cc14)B3c1cc3c(cc1N2C1=CCCC=C1c1ccccc1)C(C)(C)CCC3(C)C. The summed E-state index contributed by atoms with van der Waals surface area (Å²) in [4.78, 5) is 5.30. The monoisotopic (exact) mass is 734 g/mol. The zero-order chi connectivity index (χ0) is 38.0. The van der Waals surface area contributed by atoms with Crippen molar-refractivity contribution in [1.82, 2.24) is 0 Å². The van der Waals surface area contributed by atoms with Crippen molar-refractivity contribution in [2.75, 3.05) is 9.80 Å². The molecular weight excluding hydrogens is 683 g/mol. The van der Waals surface area contributed by atoms with Gasteiger partial charge in [0.05, 0.1) is 5.69 Å². The number of para-hydroxylation sites is 1. The number of hydrogen-bond donors (Lipinski definition) is 0. The normalized spacial score (nSPS) is 17.9. The molecule has 0 N–H and O–H groups in total. The largest absolute Gasteiger partial charge is 0.311 e. The van der Waals surface area contributed by atoms with E-state index in [2.05, 4.69) is 180 Å². The number of benzene rings is 5. The van der Waals surface area contributed by atoms with Gasteiger partial charge in [0.15, 0.2) is 0 Å². The summed E-state index contributed by atoms with van der Waals surface area (Å²) in [7, 11) is 0. The topological polar surface area (TPSA) is 6.48 Å².